The largest absolute Gasteiger partial charge is 0.256 e. The smallest absolute Gasteiger partial charge is 0.0708 e. The number of aromatic nitrogens is 1. The molecule has 32 heavy (non-hydrogen) atoms. The molecule has 0 saturated carbocycles. The molecular weight excluding hydrogens is 405 g/mol. The molecule has 1 nitrogen and oxygen atoms in total. The Hall–Kier alpha value is -3.67. The third-order valence-corrected chi connectivity index (χ3v) is 8.53. The highest BCUT2D eigenvalue weighted by Crippen LogP contribution is 2.50. The molecule has 0 saturated heterocycles. The number of benzene rings is 4. The minimum Gasteiger partial charge on any atom is -0.256 e. The van der Waals surface area contributed by atoms with Crippen molar-refractivity contribution in [3.63, 3.8) is 0 Å². The van der Waals surface area contributed by atoms with Crippen LogP contribution in [0.1, 0.15) is 0 Å². The van der Waals surface area contributed by atoms with Crippen molar-refractivity contribution in [2.24, 2.45) is 6.66 Å². The normalized spacial score (nSPS) is 11.8. The molecule has 0 N–H and O–H groups in total. The minimum absolute atomic E-state index is 0.356. The highest BCUT2D eigenvalue weighted by molar-refractivity contribution is 7.60. The van der Waals surface area contributed by atoms with Crippen LogP contribution < -0.4 is 0 Å². The van der Waals surface area contributed by atoms with E-state index < -0.39 is 0 Å². The average Bonchev–Trinajstić information content (AvgIpc) is 3.17. The van der Waals surface area contributed by atoms with Gasteiger partial charge in [-0.15, -0.1) is 7.53 Å². The van der Waals surface area contributed by atoms with Gasteiger partial charge in [-0.25, -0.2) is 0 Å². The first-order valence-electron chi connectivity index (χ1n) is 10.9. The van der Waals surface area contributed by atoms with Crippen LogP contribution in [0, 0.1) is 0 Å². The third kappa shape index (κ3) is 3.14. The van der Waals surface area contributed by atoms with Crippen LogP contribution in [0.4, 0.5) is 0 Å². The zero-order chi connectivity index (χ0) is 21.5. The molecular formula is C30H22NP. The minimum atomic E-state index is -0.356. The van der Waals surface area contributed by atoms with Crippen LogP contribution in [-0.2, 0) is 6.66 Å². The van der Waals surface area contributed by atoms with E-state index in [4.69, 9.17) is 4.98 Å². The SMILES string of the molecule is Cp1c2ccccc2c2cccc(-c3cccc(-c4cc(-c5ccccc5)ccn4)c3)c21. The van der Waals surface area contributed by atoms with Crippen molar-refractivity contribution in [1.82, 2.24) is 4.98 Å². The maximum absolute atomic E-state index is 4.69. The molecule has 0 spiro atoms. The molecule has 0 aliphatic rings. The van der Waals surface area contributed by atoms with E-state index in [1.807, 2.05) is 12.3 Å². The lowest BCUT2D eigenvalue weighted by molar-refractivity contribution is 1.33. The van der Waals surface area contributed by atoms with Crippen LogP contribution in [0.2, 0.25) is 0 Å². The first kappa shape index (κ1) is 19.0. The standard InChI is InChI=1S/C30H22NP/c1-32-29-16-6-5-13-26(29)27-15-8-14-25(30(27)32)23-11-7-12-24(19-23)28-20-22(17-18-31-28)21-9-3-2-4-10-21/h2-20H,1H3. The van der Waals surface area contributed by atoms with Crippen LogP contribution in [0.3, 0.4) is 0 Å². The Morgan fingerprint density at radius 1 is 0.562 bits per heavy atom. The maximum atomic E-state index is 4.69. The highest BCUT2D eigenvalue weighted by Gasteiger charge is 2.13. The summed E-state index contributed by atoms with van der Waals surface area (Å²) < 4.78 is 0. The summed E-state index contributed by atoms with van der Waals surface area (Å²) in [4.78, 5) is 4.69. The van der Waals surface area contributed by atoms with Crippen LogP contribution in [-0.4, -0.2) is 4.98 Å². The summed E-state index contributed by atoms with van der Waals surface area (Å²) in [5.74, 6) is 0. The van der Waals surface area contributed by atoms with Gasteiger partial charge in [-0.3, -0.25) is 4.98 Å². The predicted octanol–water partition coefficient (Wildman–Crippen LogP) is 8.91. The average molecular weight is 427 g/mol. The first-order chi connectivity index (χ1) is 15.8. The predicted molar refractivity (Wildman–Crippen MR) is 139 cm³/mol. The summed E-state index contributed by atoms with van der Waals surface area (Å²) in [6, 6.07) is 39.2. The number of fused-ring (bicyclic) bond motifs is 3. The van der Waals surface area contributed by atoms with Crippen LogP contribution in [0.25, 0.3) is 54.5 Å². The van der Waals surface area contributed by atoms with Gasteiger partial charge < -0.3 is 0 Å². The summed E-state index contributed by atoms with van der Waals surface area (Å²) >= 11 is 0. The molecule has 0 radical (unpaired) electrons. The summed E-state index contributed by atoms with van der Waals surface area (Å²) in [7, 11) is -0.356. The van der Waals surface area contributed by atoms with Gasteiger partial charge >= 0.3 is 0 Å². The van der Waals surface area contributed by atoms with Crippen molar-refractivity contribution in [2.75, 3.05) is 0 Å². The molecule has 2 heteroatoms. The Labute approximate surface area is 189 Å². The van der Waals surface area contributed by atoms with E-state index in [1.54, 1.807) is 0 Å². The summed E-state index contributed by atoms with van der Waals surface area (Å²) in [6.45, 7) is 2.39. The van der Waals surface area contributed by atoms with Gasteiger partial charge in [-0.1, -0.05) is 91.0 Å². The highest BCUT2D eigenvalue weighted by atomic mass is 31.1. The Balaban J connectivity index is 1.50. The fraction of sp³-hybridized carbons (Fsp3) is 0.0333. The Morgan fingerprint density at radius 2 is 1.28 bits per heavy atom. The van der Waals surface area contributed by atoms with E-state index in [9.17, 15) is 0 Å². The summed E-state index contributed by atoms with van der Waals surface area (Å²) in [5, 5.41) is 5.76. The van der Waals surface area contributed by atoms with Crippen molar-refractivity contribution < 1.29 is 0 Å². The van der Waals surface area contributed by atoms with Crippen molar-refractivity contribution in [3.8, 4) is 33.5 Å². The molecule has 152 valence electrons. The van der Waals surface area contributed by atoms with Gasteiger partial charge in [0.25, 0.3) is 0 Å². The van der Waals surface area contributed by atoms with E-state index in [0.717, 1.165) is 11.3 Å². The molecule has 0 aliphatic carbocycles. The third-order valence-electron chi connectivity index (χ3n) is 6.26. The summed E-state index contributed by atoms with van der Waals surface area (Å²) in [6.07, 6.45) is 1.91. The molecule has 1 unspecified atom stereocenters. The summed E-state index contributed by atoms with van der Waals surface area (Å²) in [5.41, 5.74) is 7.15. The van der Waals surface area contributed by atoms with Crippen molar-refractivity contribution in [3.05, 3.63) is 115 Å². The fourth-order valence-electron chi connectivity index (χ4n) is 4.71. The molecule has 0 aliphatic heterocycles. The van der Waals surface area contributed by atoms with Gasteiger partial charge in [0.2, 0.25) is 0 Å². The molecule has 6 aromatic rings. The van der Waals surface area contributed by atoms with Crippen molar-refractivity contribution >= 4 is 28.5 Å². The zero-order valence-corrected chi connectivity index (χ0v) is 18.8. The zero-order valence-electron chi connectivity index (χ0n) is 17.9. The molecule has 0 fully saturated rings. The quantitative estimate of drug-likeness (QED) is 0.275. The molecule has 6 rings (SSSR count). The Morgan fingerprint density at radius 3 is 2.19 bits per heavy atom. The molecule has 0 amide bonds. The number of nitrogens with zero attached hydrogens (tertiary/aromatic N) is 1. The Kier molecular flexibility index (Phi) is 4.63. The fourth-order valence-corrected chi connectivity index (χ4v) is 6.94. The Bertz CT molecular complexity index is 1580. The van der Waals surface area contributed by atoms with E-state index in [-0.39, 0.29) is 7.53 Å². The number of rotatable bonds is 3. The van der Waals surface area contributed by atoms with Crippen molar-refractivity contribution in [1.29, 1.82) is 0 Å². The van der Waals surface area contributed by atoms with Crippen LogP contribution in [0.15, 0.2) is 115 Å². The van der Waals surface area contributed by atoms with E-state index in [2.05, 4.69) is 110 Å². The van der Waals surface area contributed by atoms with Gasteiger partial charge in [-0.2, -0.15) is 0 Å². The molecule has 0 bridgehead atoms. The van der Waals surface area contributed by atoms with Gasteiger partial charge in [0, 0.05) is 22.0 Å². The first-order valence-corrected chi connectivity index (χ1v) is 12.7. The molecule has 2 heterocycles. The lowest BCUT2D eigenvalue weighted by atomic mass is 9.98. The second-order valence-corrected chi connectivity index (χ2v) is 10.2. The topological polar surface area (TPSA) is 12.9 Å². The number of hydrogen-bond acceptors (Lipinski definition) is 1. The number of pyridine rings is 1. The lowest BCUT2D eigenvalue weighted by Gasteiger charge is -2.09. The van der Waals surface area contributed by atoms with E-state index in [0.29, 0.717) is 0 Å². The molecule has 4 aromatic carbocycles. The van der Waals surface area contributed by atoms with Gasteiger partial charge in [0.15, 0.2) is 0 Å². The van der Waals surface area contributed by atoms with E-state index in [1.165, 1.54) is 43.3 Å². The molecule has 1 atom stereocenters. The molecule has 2 aromatic heterocycles. The van der Waals surface area contributed by atoms with Crippen LogP contribution >= 0.6 is 7.53 Å². The van der Waals surface area contributed by atoms with Gasteiger partial charge in [-0.05, 0) is 57.9 Å². The van der Waals surface area contributed by atoms with Crippen molar-refractivity contribution in [2.45, 2.75) is 0 Å². The second kappa shape index (κ2) is 7.79. The lowest BCUT2D eigenvalue weighted by Crippen LogP contribution is -1.87. The van der Waals surface area contributed by atoms with Gasteiger partial charge in [0.1, 0.15) is 0 Å². The maximum Gasteiger partial charge on any atom is 0.0708 e. The second-order valence-electron chi connectivity index (χ2n) is 8.15. The monoisotopic (exact) mass is 427 g/mol. The van der Waals surface area contributed by atoms with Gasteiger partial charge in [0.05, 0.1) is 5.69 Å². The van der Waals surface area contributed by atoms with Crippen LogP contribution in [0.5, 0.6) is 0 Å². The number of aryl methyl sites for hydroxylation is 1. The number of hydrogen-bond donors (Lipinski definition) is 0. The van der Waals surface area contributed by atoms with E-state index >= 15 is 0 Å².